The van der Waals surface area contributed by atoms with Gasteiger partial charge in [-0.3, -0.25) is 4.79 Å². The molecule has 6 heteroatoms. The second kappa shape index (κ2) is 5.09. The highest BCUT2D eigenvalue weighted by atomic mass is 16.4. The molecule has 5 N–H and O–H groups in total. The molecule has 0 aromatic rings. The fourth-order valence-electron chi connectivity index (χ4n) is 1.73. The largest absolute Gasteiger partial charge is 0.480 e. The monoisotopic (exact) mass is 216 g/mol. The van der Waals surface area contributed by atoms with Crippen molar-refractivity contribution >= 4 is 11.9 Å². The van der Waals surface area contributed by atoms with Gasteiger partial charge in [0.05, 0.1) is 6.61 Å². The van der Waals surface area contributed by atoms with Crippen molar-refractivity contribution in [3.63, 3.8) is 0 Å². The number of nitrogens with one attached hydrogen (secondary N) is 1. The molecule has 0 aromatic heterocycles. The topological polar surface area (TPSA) is 113 Å². The van der Waals surface area contributed by atoms with Gasteiger partial charge in [-0.25, -0.2) is 4.79 Å². The third-order valence-corrected chi connectivity index (χ3v) is 2.64. The van der Waals surface area contributed by atoms with E-state index in [1.54, 1.807) is 0 Å². The maximum atomic E-state index is 11.5. The molecule has 0 spiro atoms. The molecular weight excluding hydrogens is 200 g/mol. The number of aliphatic hydroxyl groups excluding tert-OH is 1. The lowest BCUT2D eigenvalue weighted by molar-refractivity contribution is -0.143. The van der Waals surface area contributed by atoms with Crippen LogP contribution in [0.5, 0.6) is 0 Å². The third kappa shape index (κ3) is 3.17. The summed E-state index contributed by atoms with van der Waals surface area (Å²) in [7, 11) is 0. The molecule has 0 radical (unpaired) electrons. The first-order valence-electron chi connectivity index (χ1n) is 4.94. The first kappa shape index (κ1) is 11.9. The van der Waals surface area contributed by atoms with Gasteiger partial charge in [0.25, 0.3) is 0 Å². The summed E-state index contributed by atoms with van der Waals surface area (Å²) in [5.74, 6) is -1.77. The summed E-state index contributed by atoms with van der Waals surface area (Å²) >= 11 is 0. The van der Waals surface area contributed by atoms with Crippen LogP contribution in [0.25, 0.3) is 0 Å². The van der Waals surface area contributed by atoms with Gasteiger partial charge in [-0.15, -0.1) is 0 Å². The van der Waals surface area contributed by atoms with Crippen molar-refractivity contribution in [2.45, 2.75) is 31.3 Å². The van der Waals surface area contributed by atoms with Crippen LogP contribution in [0.2, 0.25) is 0 Å². The Morgan fingerprint density at radius 3 is 2.53 bits per heavy atom. The highest BCUT2D eigenvalue weighted by Crippen LogP contribution is 2.24. The summed E-state index contributed by atoms with van der Waals surface area (Å²) < 4.78 is 0. The van der Waals surface area contributed by atoms with Crippen LogP contribution in [0.4, 0.5) is 0 Å². The molecule has 1 fully saturated rings. The number of aliphatic carboxylic acids is 1. The highest BCUT2D eigenvalue weighted by molar-refractivity contribution is 5.85. The summed E-state index contributed by atoms with van der Waals surface area (Å²) in [6, 6.07) is -1.19. The van der Waals surface area contributed by atoms with Gasteiger partial charge >= 0.3 is 5.97 Å². The molecule has 0 bridgehead atoms. The molecule has 1 aliphatic carbocycles. The lowest BCUT2D eigenvalue weighted by Gasteiger charge is -2.15. The number of rotatable bonds is 4. The van der Waals surface area contributed by atoms with Gasteiger partial charge < -0.3 is 21.3 Å². The van der Waals surface area contributed by atoms with Crippen LogP contribution in [0, 0.1) is 5.92 Å². The van der Waals surface area contributed by atoms with Crippen LogP contribution in [-0.4, -0.2) is 40.8 Å². The fraction of sp³-hybridized carbons (Fsp3) is 0.778. The predicted octanol–water partition coefficient (Wildman–Crippen LogP) is -1.32. The smallest absolute Gasteiger partial charge is 0.328 e. The van der Waals surface area contributed by atoms with E-state index in [-0.39, 0.29) is 17.9 Å². The molecule has 1 amide bonds. The number of carboxylic acid groups (broad SMARTS) is 1. The maximum Gasteiger partial charge on any atom is 0.328 e. The molecule has 3 atom stereocenters. The van der Waals surface area contributed by atoms with E-state index in [1.165, 1.54) is 0 Å². The van der Waals surface area contributed by atoms with Gasteiger partial charge in [0, 0.05) is 12.0 Å². The van der Waals surface area contributed by atoms with E-state index in [0.717, 1.165) is 6.42 Å². The molecular formula is C9H16N2O4. The number of amides is 1. The molecule has 1 aliphatic rings. The summed E-state index contributed by atoms with van der Waals surface area (Å²) in [5, 5.41) is 19.6. The van der Waals surface area contributed by atoms with E-state index < -0.39 is 18.6 Å². The van der Waals surface area contributed by atoms with Gasteiger partial charge in [0.15, 0.2) is 0 Å². The Kier molecular flexibility index (Phi) is 4.05. The number of hydrogen-bond donors (Lipinski definition) is 4. The van der Waals surface area contributed by atoms with Crippen LogP contribution >= 0.6 is 0 Å². The van der Waals surface area contributed by atoms with Gasteiger partial charge in [0.1, 0.15) is 6.04 Å². The SMILES string of the molecule is NC1CCC(C(=O)NC(CO)C(=O)O)C1. The van der Waals surface area contributed by atoms with Crippen LogP contribution in [0.3, 0.4) is 0 Å². The van der Waals surface area contributed by atoms with Gasteiger partial charge in [0.2, 0.25) is 5.91 Å². The van der Waals surface area contributed by atoms with Crippen molar-refractivity contribution in [3.05, 3.63) is 0 Å². The zero-order valence-corrected chi connectivity index (χ0v) is 8.35. The van der Waals surface area contributed by atoms with Crippen LogP contribution in [0.15, 0.2) is 0 Å². The first-order chi connectivity index (χ1) is 7.04. The van der Waals surface area contributed by atoms with Crippen molar-refractivity contribution in [2.24, 2.45) is 11.7 Å². The number of carbonyl (C=O) groups excluding carboxylic acids is 1. The number of carbonyl (C=O) groups is 2. The summed E-state index contributed by atoms with van der Waals surface area (Å²) in [4.78, 5) is 22.1. The molecule has 1 saturated carbocycles. The van der Waals surface area contributed by atoms with Crippen molar-refractivity contribution in [1.82, 2.24) is 5.32 Å². The zero-order valence-electron chi connectivity index (χ0n) is 8.35. The molecule has 0 saturated heterocycles. The molecule has 0 aliphatic heterocycles. The zero-order chi connectivity index (χ0) is 11.4. The van der Waals surface area contributed by atoms with E-state index in [9.17, 15) is 9.59 Å². The minimum Gasteiger partial charge on any atom is -0.480 e. The average Bonchev–Trinajstić information content (AvgIpc) is 2.60. The molecule has 3 unspecified atom stereocenters. The quantitative estimate of drug-likeness (QED) is 0.465. The van der Waals surface area contributed by atoms with E-state index in [4.69, 9.17) is 15.9 Å². The van der Waals surface area contributed by atoms with Crippen LogP contribution in [-0.2, 0) is 9.59 Å². The Morgan fingerprint density at radius 1 is 1.47 bits per heavy atom. The summed E-state index contributed by atoms with van der Waals surface area (Å²) in [6.07, 6.45) is 2.06. The number of hydrogen-bond acceptors (Lipinski definition) is 4. The van der Waals surface area contributed by atoms with E-state index in [2.05, 4.69) is 5.32 Å². The molecule has 6 nitrogen and oxygen atoms in total. The van der Waals surface area contributed by atoms with Crippen molar-refractivity contribution in [1.29, 1.82) is 0 Å². The summed E-state index contributed by atoms with van der Waals surface area (Å²) in [6.45, 7) is -0.597. The van der Waals surface area contributed by atoms with Gasteiger partial charge in [-0.05, 0) is 19.3 Å². The molecule has 0 heterocycles. The lowest BCUT2D eigenvalue weighted by Crippen LogP contribution is -2.45. The minimum absolute atomic E-state index is 0.0261. The molecule has 0 aromatic carbocycles. The van der Waals surface area contributed by atoms with Crippen LogP contribution < -0.4 is 11.1 Å². The number of aliphatic hydroxyl groups is 1. The Balaban J connectivity index is 2.44. The van der Waals surface area contributed by atoms with E-state index in [0.29, 0.717) is 12.8 Å². The fourth-order valence-corrected chi connectivity index (χ4v) is 1.73. The second-order valence-corrected chi connectivity index (χ2v) is 3.85. The molecule has 86 valence electrons. The Hall–Kier alpha value is -1.14. The van der Waals surface area contributed by atoms with Gasteiger partial charge in [-0.2, -0.15) is 0 Å². The summed E-state index contributed by atoms with van der Waals surface area (Å²) in [5.41, 5.74) is 5.64. The minimum atomic E-state index is -1.23. The maximum absolute atomic E-state index is 11.5. The standard InChI is InChI=1S/C9H16N2O4/c10-6-2-1-5(3-6)8(13)11-7(4-12)9(14)15/h5-7,12H,1-4,10H2,(H,11,13)(H,14,15). The Bertz CT molecular complexity index is 256. The van der Waals surface area contributed by atoms with Gasteiger partial charge in [-0.1, -0.05) is 0 Å². The molecule has 1 rings (SSSR count). The average molecular weight is 216 g/mol. The van der Waals surface area contributed by atoms with E-state index in [1.807, 2.05) is 0 Å². The Morgan fingerprint density at radius 2 is 2.13 bits per heavy atom. The lowest BCUT2D eigenvalue weighted by atomic mass is 10.1. The van der Waals surface area contributed by atoms with Crippen molar-refractivity contribution in [2.75, 3.05) is 6.61 Å². The molecule has 15 heavy (non-hydrogen) atoms. The van der Waals surface area contributed by atoms with Crippen molar-refractivity contribution < 1.29 is 19.8 Å². The normalized spacial score (nSPS) is 27.3. The highest BCUT2D eigenvalue weighted by Gasteiger charge is 2.30. The Labute approximate surface area is 87.5 Å². The number of carboxylic acids is 1. The number of nitrogens with two attached hydrogens (primary N) is 1. The third-order valence-electron chi connectivity index (χ3n) is 2.64. The van der Waals surface area contributed by atoms with E-state index >= 15 is 0 Å². The second-order valence-electron chi connectivity index (χ2n) is 3.85. The predicted molar refractivity (Wildman–Crippen MR) is 52.0 cm³/mol. The first-order valence-corrected chi connectivity index (χ1v) is 4.94. The van der Waals surface area contributed by atoms with Crippen molar-refractivity contribution in [3.8, 4) is 0 Å². The van der Waals surface area contributed by atoms with Crippen LogP contribution in [0.1, 0.15) is 19.3 Å².